The third-order valence-electron chi connectivity index (χ3n) is 3.40. The normalized spacial score (nSPS) is 14.1. The standard InChI is InChI=1S/C15H15N3O.ClH/c1-10(19)17-15(16)18-8-12-6-2-4-11-5-3-7-13(9-18)14(11)12;/h2-7H,8-9H2,1H3,(H2,16,17,19);1H. The van der Waals surface area contributed by atoms with Crippen LogP contribution in [0.5, 0.6) is 0 Å². The van der Waals surface area contributed by atoms with Crippen LogP contribution in [0.1, 0.15) is 18.1 Å². The molecule has 2 aromatic carbocycles. The number of benzene rings is 2. The molecule has 4 nitrogen and oxygen atoms in total. The summed E-state index contributed by atoms with van der Waals surface area (Å²) in [7, 11) is 0. The van der Waals surface area contributed by atoms with Gasteiger partial charge in [-0.2, -0.15) is 4.99 Å². The van der Waals surface area contributed by atoms with Crippen molar-refractivity contribution in [3.63, 3.8) is 0 Å². The molecule has 2 N–H and O–H groups in total. The molecule has 0 atom stereocenters. The van der Waals surface area contributed by atoms with Gasteiger partial charge in [-0.3, -0.25) is 4.79 Å². The Hall–Kier alpha value is -2.07. The van der Waals surface area contributed by atoms with Crippen LogP contribution in [-0.2, 0) is 17.9 Å². The van der Waals surface area contributed by atoms with Gasteiger partial charge in [-0.1, -0.05) is 36.4 Å². The van der Waals surface area contributed by atoms with Gasteiger partial charge >= 0.3 is 0 Å². The molecule has 5 heteroatoms. The summed E-state index contributed by atoms with van der Waals surface area (Å²) in [5.74, 6) is 0.0218. The van der Waals surface area contributed by atoms with Crippen LogP contribution in [0.3, 0.4) is 0 Å². The third-order valence-corrected chi connectivity index (χ3v) is 3.40. The highest BCUT2D eigenvalue weighted by Crippen LogP contribution is 2.29. The fourth-order valence-corrected chi connectivity index (χ4v) is 2.63. The van der Waals surface area contributed by atoms with E-state index in [-0.39, 0.29) is 18.3 Å². The fourth-order valence-electron chi connectivity index (χ4n) is 2.63. The Labute approximate surface area is 123 Å². The minimum atomic E-state index is -0.269. The third kappa shape index (κ3) is 2.47. The van der Waals surface area contributed by atoms with Gasteiger partial charge in [-0.15, -0.1) is 12.4 Å². The summed E-state index contributed by atoms with van der Waals surface area (Å²) in [4.78, 5) is 16.8. The van der Waals surface area contributed by atoms with Crippen molar-refractivity contribution in [3.05, 3.63) is 47.5 Å². The van der Waals surface area contributed by atoms with Crippen LogP contribution in [-0.4, -0.2) is 16.8 Å². The van der Waals surface area contributed by atoms with Crippen LogP contribution in [0.4, 0.5) is 0 Å². The van der Waals surface area contributed by atoms with E-state index in [0.29, 0.717) is 19.0 Å². The van der Waals surface area contributed by atoms with Crippen molar-refractivity contribution in [1.29, 1.82) is 0 Å². The topological polar surface area (TPSA) is 58.7 Å². The molecule has 0 radical (unpaired) electrons. The van der Waals surface area contributed by atoms with Crippen molar-refractivity contribution in [1.82, 2.24) is 4.90 Å². The number of rotatable bonds is 0. The number of carbonyl (C=O) groups is 1. The van der Waals surface area contributed by atoms with Gasteiger partial charge in [-0.05, 0) is 21.9 Å². The first kappa shape index (κ1) is 14.3. The second-order valence-electron chi connectivity index (χ2n) is 4.78. The van der Waals surface area contributed by atoms with E-state index in [1.165, 1.54) is 28.8 Å². The van der Waals surface area contributed by atoms with Crippen molar-refractivity contribution < 1.29 is 4.79 Å². The molecule has 104 valence electrons. The number of hydrogen-bond donors (Lipinski definition) is 1. The Balaban J connectivity index is 0.00000147. The zero-order valence-corrected chi connectivity index (χ0v) is 12.0. The van der Waals surface area contributed by atoms with Gasteiger partial charge in [-0.25, -0.2) is 0 Å². The van der Waals surface area contributed by atoms with E-state index >= 15 is 0 Å². The van der Waals surface area contributed by atoms with Gasteiger partial charge in [0.1, 0.15) is 0 Å². The summed E-state index contributed by atoms with van der Waals surface area (Å²) in [6.45, 7) is 2.79. The molecular formula is C15H16ClN3O. The number of nitrogens with two attached hydrogens (primary N) is 1. The summed E-state index contributed by atoms with van der Waals surface area (Å²) < 4.78 is 0. The van der Waals surface area contributed by atoms with E-state index in [0.717, 1.165) is 0 Å². The van der Waals surface area contributed by atoms with Gasteiger partial charge in [0.05, 0.1) is 0 Å². The van der Waals surface area contributed by atoms with Crippen LogP contribution in [0.25, 0.3) is 10.8 Å². The van der Waals surface area contributed by atoms with Gasteiger partial charge in [0.2, 0.25) is 5.91 Å². The van der Waals surface area contributed by atoms with E-state index < -0.39 is 0 Å². The SMILES string of the molecule is CC(=O)N=C(N)N1Cc2cccc3cccc(c23)C1.Cl. The molecule has 0 bridgehead atoms. The molecule has 1 amide bonds. The average molecular weight is 290 g/mol. The molecule has 0 aliphatic carbocycles. The molecule has 0 aromatic heterocycles. The predicted octanol–water partition coefficient (Wildman–Crippen LogP) is 2.44. The zero-order valence-electron chi connectivity index (χ0n) is 11.2. The summed E-state index contributed by atoms with van der Waals surface area (Å²) in [6, 6.07) is 12.5. The van der Waals surface area contributed by atoms with Crippen molar-refractivity contribution in [2.45, 2.75) is 20.0 Å². The molecule has 3 rings (SSSR count). The van der Waals surface area contributed by atoms with Gasteiger partial charge in [0, 0.05) is 20.0 Å². The zero-order chi connectivity index (χ0) is 13.4. The second kappa shape index (κ2) is 5.51. The number of aliphatic imine (C=N–C) groups is 1. The lowest BCUT2D eigenvalue weighted by Gasteiger charge is -2.29. The van der Waals surface area contributed by atoms with Crippen molar-refractivity contribution >= 4 is 35.0 Å². The Morgan fingerprint density at radius 3 is 2.20 bits per heavy atom. The predicted molar refractivity (Wildman–Crippen MR) is 82.7 cm³/mol. The summed E-state index contributed by atoms with van der Waals surface area (Å²) in [5.41, 5.74) is 8.34. The molecule has 0 fully saturated rings. The largest absolute Gasteiger partial charge is 0.369 e. The first-order valence-electron chi connectivity index (χ1n) is 6.24. The highest BCUT2D eigenvalue weighted by atomic mass is 35.5. The number of hydrogen-bond acceptors (Lipinski definition) is 1. The summed E-state index contributed by atoms with van der Waals surface area (Å²) >= 11 is 0. The number of guanidine groups is 1. The van der Waals surface area contributed by atoms with Crippen LogP contribution < -0.4 is 5.73 Å². The molecule has 20 heavy (non-hydrogen) atoms. The van der Waals surface area contributed by atoms with E-state index in [1.807, 2.05) is 17.0 Å². The molecule has 1 heterocycles. The molecule has 1 aliphatic heterocycles. The molecular weight excluding hydrogens is 274 g/mol. The van der Waals surface area contributed by atoms with E-state index in [1.54, 1.807) is 0 Å². The minimum absolute atomic E-state index is 0. The Kier molecular flexibility index (Phi) is 3.95. The highest BCUT2D eigenvalue weighted by molar-refractivity contribution is 5.94. The number of halogens is 1. The lowest BCUT2D eigenvalue weighted by molar-refractivity contribution is -0.115. The Bertz CT molecular complexity index is 656. The number of amides is 1. The fraction of sp³-hybridized carbons (Fsp3) is 0.200. The maximum Gasteiger partial charge on any atom is 0.245 e. The van der Waals surface area contributed by atoms with Gasteiger partial charge in [0.25, 0.3) is 0 Å². The number of nitrogens with zero attached hydrogens (tertiary/aromatic N) is 2. The maximum absolute atomic E-state index is 11.0. The second-order valence-corrected chi connectivity index (χ2v) is 4.78. The monoisotopic (exact) mass is 289 g/mol. The van der Waals surface area contributed by atoms with Crippen molar-refractivity contribution in [2.24, 2.45) is 10.7 Å². The molecule has 2 aromatic rings. The molecule has 0 saturated heterocycles. The van der Waals surface area contributed by atoms with Gasteiger partial charge in [0.15, 0.2) is 5.96 Å². The average Bonchev–Trinajstić information content (AvgIpc) is 2.38. The number of carbonyl (C=O) groups excluding carboxylic acids is 1. The smallest absolute Gasteiger partial charge is 0.245 e. The molecule has 0 unspecified atom stereocenters. The first-order valence-corrected chi connectivity index (χ1v) is 6.24. The van der Waals surface area contributed by atoms with Crippen molar-refractivity contribution in [3.8, 4) is 0 Å². The van der Waals surface area contributed by atoms with Gasteiger partial charge < -0.3 is 10.6 Å². The maximum atomic E-state index is 11.0. The first-order chi connectivity index (χ1) is 9.15. The quantitative estimate of drug-likeness (QED) is 0.598. The molecule has 0 spiro atoms. The minimum Gasteiger partial charge on any atom is -0.369 e. The van der Waals surface area contributed by atoms with Crippen molar-refractivity contribution in [2.75, 3.05) is 0 Å². The lowest BCUT2D eigenvalue weighted by atomic mass is 9.95. The lowest BCUT2D eigenvalue weighted by Crippen LogP contribution is -2.38. The van der Waals surface area contributed by atoms with Crippen LogP contribution in [0.2, 0.25) is 0 Å². The molecule has 0 saturated carbocycles. The van der Waals surface area contributed by atoms with Crippen LogP contribution >= 0.6 is 12.4 Å². The van der Waals surface area contributed by atoms with Crippen LogP contribution in [0, 0.1) is 0 Å². The summed E-state index contributed by atoms with van der Waals surface area (Å²) in [6.07, 6.45) is 0. The summed E-state index contributed by atoms with van der Waals surface area (Å²) in [5, 5.41) is 2.55. The van der Waals surface area contributed by atoms with E-state index in [4.69, 9.17) is 5.73 Å². The van der Waals surface area contributed by atoms with E-state index in [2.05, 4.69) is 29.3 Å². The van der Waals surface area contributed by atoms with E-state index in [9.17, 15) is 4.79 Å². The Morgan fingerprint density at radius 1 is 1.15 bits per heavy atom. The molecule has 1 aliphatic rings. The Morgan fingerprint density at radius 2 is 1.70 bits per heavy atom. The highest BCUT2D eigenvalue weighted by Gasteiger charge is 2.19. The van der Waals surface area contributed by atoms with Crippen LogP contribution in [0.15, 0.2) is 41.4 Å².